The van der Waals surface area contributed by atoms with Crippen molar-refractivity contribution in [3.63, 3.8) is 0 Å². The minimum absolute atomic E-state index is 0.144. The average molecular weight is 180 g/mol. The maximum absolute atomic E-state index is 11.5. The van der Waals surface area contributed by atoms with Crippen molar-refractivity contribution in [2.24, 2.45) is 7.05 Å². The summed E-state index contributed by atoms with van der Waals surface area (Å²) in [5, 5.41) is 7.29. The van der Waals surface area contributed by atoms with Crippen LogP contribution in [0.2, 0.25) is 0 Å². The number of hydrogen-bond donors (Lipinski definition) is 1. The highest BCUT2D eigenvalue weighted by molar-refractivity contribution is 5.86. The van der Waals surface area contributed by atoms with Gasteiger partial charge in [-0.25, -0.2) is 4.98 Å². The van der Waals surface area contributed by atoms with Crippen LogP contribution in [0, 0.1) is 0 Å². The fraction of sp³-hybridized carbons (Fsp3) is 0.625. The van der Waals surface area contributed by atoms with Gasteiger partial charge >= 0.3 is 0 Å². The summed E-state index contributed by atoms with van der Waals surface area (Å²) in [4.78, 5) is 15.6. The fourth-order valence-electron chi connectivity index (χ4n) is 1.50. The predicted octanol–water partition coefficient (Wildman–Crippen LogP) is -0.539. The normalized spacial score (nSPS) is 23.5. The number of aryl methyl sites for hydroxylation is 1. The van der Waals surface area contributed by atoms with Crippen LogP contribution in [0.5, 0.6) is 0 Å². The highest BCUT2D eigenvalue weighted by Crippen LogP contribution is 2.15. The highest BCUT2D eigenvalue weighted by Gasteiger charge is 2.26. The van der Waals surface area contributed by atoms with Gasteiger partial charge in [-0.1, -0.05) is 0 Å². The summed E-state index contributed by atoms with van der Waals surface area (Å²) < 4.78 is 1.62. The number of Topliss-reactive ketones (excluding diaryl/α,β-unsaturated/α-hetero) is 1. The van der Waals surface area contributed by atoms with Gasteiger partial charge in [-0.15, -0.1) is 0 Å². The zero-order valence-corrected chi connectivity index (χ0v) is 7.53. The zero-order chi connectivity index (χ0) is 9.26. The van der Waals surface area contributed by atoms with E-state index in [2.05, 4.69) is 15.4 Å². The van der Waals surface area contributed by atoms with Crippen LogP contribution < -0.4 is 5.32 Å². The van der Waals surface area contributed by atoms with Gasteiger partial charge in [0.2, 0.25) is 0 Å². The molecule has 1 saturated heterocycles. The molecule has 0 aromatic carbocycles. The summed E-state index contributed by atoms with van der Waals surface area (Å²) in [6, 6.07) is 0. The quantitative estimate of drug-likeness (QED) is 0.630. The molecular formula is C8H12N4O. The van der Waals surface area contributed by atoms with Gasteiger partial charge in [-0.2, -0.15) is 5.10 Å². The van der Waals surface area contributed by atoms with E-state index in [0.717, 1.165) is 6.54 Å². The first-order chi connectivity index (χ1) is 6.27. The topological polar surface area (TPSA) is 59.8 Å². The van der Waals surface area contributed by atoms with Crippen molar-refractivity contribution in [2.45, 2.75) is 12.3 Å². The van der Waals surface area contributed by atoms with Crippen LogP contribution in [0.4, 0.5) is 0 Å². The Morgan fingerprint density at radius 1 is 1.69 bits per heavy atom. The maximum Gasteiger partial charge on any atom is 0.162 e. The minimum Gasteiger partial charge on any atom is -0.315 e. The van der Waals surface area contributed by atoms with E-state index in [1.165, 1.54) is 0 Å². The SMILES string of the molecule is Cn1cnc(C2CNCCC2=O)n1. The van der Waals surface area contributed by atoms with Gasteiger partial charge in [0, 0.05) is 26.6 Å². The molecule has 13 heavy (non-hydrogen) atoms. The lowest BCUT2D eigenvalue weighted by molar-refractivity contribution is -0.121. The molecule has 5 heteroatoms. The van der Waals surface area contributed by atoms with E-state index in [0.29, 0.717) is 18.8 Å². The van der Waals surface area contributed by atoms with E-state index < -0.39 is 0 Å². The Morgan fingerprint density at radius 2 is 2.54 bits per heavy atom. The summed E-state index contributed by atoms with van der Waals surface area (Å²) in [6.45, 7) is 1.45. The molecule has 1 aromatic rings. The van der Waals surface area contributed by atoms with Crippen LogP contribution in [0.15, 0.2) is 6.33 Å². The molecule has 2 heterocycles. The van der Waals surface area contributed by atoms with E-state index in [4.69, 9.17) is 0 Å². The third kappa shape index (κ3) is 1.60. The summed E-state index contributed by atoms with van der Waals surface area (Å²) >= 11 is 0. The molecule has 1 aliphatic heterocycles. The molecule has 1 aromatic heterocycles. The average Bonchev–Trinajstić information content (AvgIpc) is 2.53. The van der Waals surface area contributed by atoms with Gasteiger partial charge in [0.05, 0.1) is 5.92 Å². The van der Waals surface area contributed by atoms with E-state index in [1.54, 1.807) is 18.1 Å². The summed E-state index contributed by atoms with van der Waals surface area (Å²) in [7, 11) is 1.80. The minimum atomic E-state index is -0.144. The van der Waals surface area contributed by atoms with Gasteiger partial charge < -0.3 is 5.32 Å². The summed E-state index contributed by atoms with van der Waals surface area (Å²) in [5.74, 6) is 0.736. The van der Waals surface area contributed by atoms with Crippen molar-refractivity contribution in [1.82, 2.24) is 20.1 Å². The molecule has 0 radical (unpaired) electrons. The number of aromatic nitrogens is 3. The third-order valence-corrected chi connectivity index (χ3v) is 2.21. The molecule has 5 nitrogen and oxygen atoms in total. The van der Waals surface area contributed by atoms with Crippen LogP contribution in [-0.4, -0.2) is 33.6 Å². The van der Waals surface area contributed by atoms with Crippen molar-refractivity contribution < 1.29 is 4.79 Å². The highest BCUT2D eigenvalue weighted by atomic mass is 16.1. The number of rotatable bonds is 1. The monoisotopic (exact) mass is 180 g/mol. The molecule has 70 valence electrons. The number of piperidine rings is 1. The molecular weight excluding hydrogens is 168 g/mol. The van der Waals surface area contributed by atoms with Gasteiger partial charge in [0.15, 0.2) is 5.82 Å². The van der Waals surface area contributed by atoms with Crippen LogP contribution in [-0.2, 0) is 11.8 Å². The Morgan fingerprint density at radius 3 is 3.15 bits per heavy atom. The number of hydrogen-bond acceptors (Lipinski definition) is 4. The molecule has 1 atom stereocenters. The number of ketones is 1. The second-order valence-corrected chi connectivity index (χ2v) is 3.25. The van der Waals surface area contributed by atoms with Gasteiger partial charge in [-0.05, 0) is 0 Å². The molecule has 0 bridgehead atoms. The second kappa shape index (κ2) is 3.26. The third-order valence-electron chi connectivity index (χ3n) is 2.21. The molecule has 1 N–H and O–H groups in total. The molecule has 0 aliphatic carbocycles. The Balaban J connectivity index is 2.19. The van der Waals surface area contributed by atoms with Gasteiger partial charge in [0.25, 0.3) is 0 Å². The number of carbonyl (C=O) groups excluding carboxylic acids is 1. The molecule has 1 unspecified atom stereocenters. The van der Waals surface area contributed by atoms with Crippen molar-refractivity contribution in [3.05, 3.63) is 12.2 Å². The first kappa shape index (κ1) is 8.37. The lowest BCUT2D eigenvalue weighted by Gasteiger charge is -2.18. The Kier molecular flexibility index (Phi) is 2.10. The molecule has 1 fully saturated rings. The molecule has 2 rings (SSSR count). The van der Waals surface area contributed by atoms with Crippen LogP contribution in [0.3, 0.4) is 0 Å². The standard InChI is InChI=1S/C8H12N4O/c1-12-5-10-8(11-12)6-4-9-3-2-7(6)13/h5-6,9H,2-4H2,1H3. The second-order valence-electron chi connectivity index (χ2n) is 3.25. The zero-order valence-electron chi connectivity index (χ0n) is 7.53. The van der Waals surface area contributed by atoms with E-state index in [1.807, 2.05) is 0 Å². The summed E-state index contributed by atoms with van der Waals surface area (Å²) in [6.07, 6.45) is 2.21. The Labute approximate surface area is 76.2 Å². The number of carbonyl (C=O) groups is 1. The van der Waals surface area contributed by atoms with Gasteiger partial charge in [0.1, 0.15) is 12.1 Å². The molecule has 0 saturated carbocycles. The first-order valence-electron chi connectivity index (χ1n) is 4.36. The van der Waals surface area contributed by atoms with Gasteiger partial charge in [-0.3, -0.25) is 9.48 Å². The van der Waals surface area contributed by atoms with Crippen molar-refractivity contribution in [2.75, 3.05) is 13.1 Å². The maximum atomic E-state index is 11.5. The van der Waals surface area contributed by atoms with E-state index >= 15 is 0 Å². The van der Waals surface area contributed by atoms with Crippen LogP contribution in [0.25, 0.3) is 0 Å². The largest absolute Gasteiger partial charge is 0.315 e. The first-order valence-corrected chi connectivity index (χ1v) is 4.36. The van der Waals surface area contributed by atoms with Crippen LogP contribution >= 0.6 is 0 Å². The molecule has 0 spiro atoms. The smallest absolute Gasteiger partial charge is 0.162 e. The van der Waals surface area contributed by atoms with E-state index in [-0.39, 0.29) is 11.7 Å². The summed E-state index contributed by atoms with van der Waals surface area (Å²) in [5.41, 5.74) is 0. The number of nitrogens with one attached hydrogen (secondary N) is 1. The van der Waals surface area contributed by atoms with Crippen molar-refractivity contribution >= 4 is 5.78 Å². The lowest BCUT2D eigenvalue weighted by atomic mass is 9.97. The Bertz CT molecular complexity index is 320. The fourth-order valence-corrected chi connectivity index (χ4v) is 1.50. The van der Waals surface area contributed by atoms with Crippen LogP contribution in [0.1, 0.15) is 18.2 Å². The Hall–Kier alpha value is -1.23. The van der Waals surface area contributed by atoms with E-state index in [9.17, 15) is 4.79 Å². The molecule has 0 amide bonds. The predicted molar refractivity (Wildman–Crippen MR) is 46.2 cm³/mol. The van der Waals surface area contributed by atoms with Crippen molar-refractivity contribution in [3.8, 4) is 0 Å². The molecule has 1 aliphatic rings. The number of nitrogens with zero attached hydrogens (tertiary/aromatic N) is 3. The van der Waals surface area contributed by atoms with Crippen molar-refractivity contribution in [1.29, 1.82) is 0 Å². The lowest BCUT2D eigenvalue weighted by Crippen LogP contribution is -2.35.